The van der Waals surface area contributed by atoms with Crippen LogP contribution < -0.4 is 4.90 Å². The summed E-state index contributed by atoms with van der Waals surface area (Å²) in [7, 11) is 0. The highest BCUT2D eigenvalue weighted by atomic mass is 16.2. The molecule has 0 radical (unpaired) electrons. The summed E-state index contributed by atoms with van der Waals surface area (Å²) in [6, 6.07) is 15.0. The number of carbonyl (C=O) groups excluding carboxylic acids is 1. The molecule has 5 heterocycles. The van der Waals surface area contributed by atoms with Crippen molar-refractivity contribution < 1.29 is 4.79 Å². The smallest absolute Gasteiger partial charge is 0.225 e. The van der Waals surface area contributed by atoms with Crippen LogP contribution in [0.5, 0.6) is 0 Å². The average Bonchev–Trinajstić information content (AvgIpc) is 3.43. The minimum atomic E-state index is 0.116. The van der Waals surface area contributed by atoms with E-state index in [-0.39, 0.29) is 18.0 Å². The van der Waals surface area contributed by atoms with Gasteiger partial charge < -0.3 is 14.4 Å². The van der Waals surface area contributed by atoms with Gasteiger partial charge in [-0.1, -0.05) is 30.3 Å². The fourth-order valence-electron chi connectivity index (χ4n) is 5.30. The Labute approximate surface area is 198 Å². The van der Waals surface area contributed by atoms with Gasteiger partial charge in [-0.15, -0.1) is 0 Å². The van der Waals surface area contributed by atoms with Crippen LogP contribution in [-0.2, 0) is 11.2 Å². The minimum Gasteiger partial charge on any atom is -0.337 e. The fraction of sp³-hybridized carbons (Fsp3) is 0.346. The third-order valence-electron chi connectivity index (χ3n) is 7.00. The first-order chi connectivity index (χ1) is 16.6. The molecule has 8 nitrogen and oxygen atoms in total. The Hall–Kier alpha value is -3.81. The summed E-state index contributed by atoms with van der Waals surface area (Å²) in [5, 5.41) is 0. The number of aromatic nitrogens is 5. The number of anilines is 1. The van der Waals surface area contributed by atoms with Crippen LogP contribution in [0.2, 0.25) is 0 Å². The Morgan fingerprint density at radius 1 is 1.00 bits per heavy atom. The second-order valence-corrected chi connectivity index (χ2v) is 9.18. The summed E-state index contributed by atoms with van der Waals surface area (Å²) < 4.78 is 2.29. The number of nitrogens with zero attached hydrogens (tertiary/aromatic N) is 7. The van der Waals surface area contributed by atoms with Gasteiger partial charge in [0.05, 0.1) is 11.7 Å². The van der Waals surface area contributed by atoms with Crippen molar-refractivity contribution in [3.8, 4) is 11.3 Å². The van der Waals surface area contributed by atoms with Crippen LogP contribution >= 0.6 is 0 Å². The molecule has 3 aromatic heterocycles. The van der Waals surface area contributed by atoms with E-state index < -0.39 is 0 Å². The van der Waals surface area contributed by atoms with E-state index in [0.29, 0.717) is 12.5 Å². The Bertz CT molecular complexity index is 1350. The van der Waals surface area contributed by atoms with Gasteiger partial charge in [-0.25, -0.2) is 19.9 Å². The fourth-order valence-corrected chi connectivity index (χ4v) is 5.30. The van der Waals surface area contributed by atoms with Gasteiger partial charge in [0.1, 0.15) is 11.3 Å². The van der Waals surface area contributed by atoms with Gasteiger partial charge in [0.2, 0.25) is 11.9 Å². The second kappa shape index (κ2) is 8.20. The summed E-state index contributed by atoms with van der Waals surface area (Å²) in [6.45, 7) is 5.84. The highest BCUT2D eigenvalue weighted by Gasteiger charge is 2.28. The topological polar surface area (TPSA) is 80.0 Å². The molecule has 172 valence electrons. The molecule has 0 unspecified atom stereocenters. The van der Waals surface area contributed by atoms with Crippen molar-refractivity contribution in [1.82, 2.24) is 29.4 Å². The van der Waals surface area contributed by atoms with Crippen LogP contribution in [0.4, 0.5) is 5.95 Å². The molecule has 0 bridgehead atoms. The van der Waals surface area contributed by atoms with E-state index in [0.717, 1.165) is 54.2 Å². The number of hydrogen-bond donors (Lipinski definition) is 0. The van der Waals surface area contributed by atoms with E-state index in [2.05, 4.69) is 56.7 Å². The molecule has 0 spiro atoms. The first-order valence-electron chi connectivity index (χ1n) is 11.9. The second-order valence-electron chi connectivity index (χ2n) is 9.18. The van der Waals surface area contributed by atoms with Crippen LogP contribution in [-0.4, -0.2) is 61.0 Å². The van der Waals surface area contributed by atoms with Crippen molar-refractivity contribution in [1.29, 1.82) is 0 Å². The lowest BCUT2D eigenvalue weighted by molar-refractivity contribution is -0.131. The van der Waals surface area contributed by atoms with Crippen molar-refractivity contribution in [2.75, 3.05) is 24.5 Å². The summed E-state index contributed by atoms with van der Waals surface area (Å²) in [6.07, 6.45) is 5.68. The molecular formula is C26H27N7O. The molecule has 0 aliphatic carbocycles. The highest BCUT2D eigenvalue weighted by Crippen LogP contribution is 2.35. The predicted molar refractivity (Wildman–Crippen MR) is 131 cm³/mol. The van der Waals surface area contributed by atoms with E-state index in [9.17, 15) is 4.79 Å². The van der Waals surface area contributed by atoms with Crippen molar-refractivity contribution in [3.63, 3.8) is 0 Å². The van der Waals surface area contributed by atoms with E-state index in [1.807, 2.05) is 29.4 Å². The minimum absolute atomic E-state index is 0.116. The highest BCUT2D eigenvalue weighted by molar-refractivity contribution is 5.77. The Kier molecular flexibility index (Phi) is 5.01. The zero-order chi connectivity index (χ0) is 23.2. The number of aryl methyl sites for hydroxylation is 1. The third-order valence-corrected chi connectivity index (χ3v) is 7.00. The number of fused-ring (bicyclic) bond motifs is 3. The van der Waals surface area contributed by atoms with Gasteiger partial charge in [0.15, 0.2) is 5.65 Å². The number of imidazole rings is 1. The lowest BCUT2D eigenvalue weighted by Gasteiger charge is -2.39. The molecule has 0 saturated carbocycles. The number of amides is 1. The molecule has 34 heavy (non-hydrogen) atoms. The summed E-state index contributed by atoms with van der Waals surface area (Å²) in [4.78, 5) is 34.9. The first-order valence-corrected chi connectivity index (χ1v) is 11.9. The molecule has 1 fully saturated rings. The molecule has 4 aromatic rings. The maximum atomic E-state index is 11.8. The Balaban J connectivity index is 1.28. The standard InChI is InChI=1S/C26H27N7O/c1-17-16-31(12-13-32(17)18(2)34)26-27-14-20(15-28-26)21-8-9-22-25(30-21)33-23(10-11-24(33)29-22)19-6-4-3-5-7-19/h3-9,14-15,17,23H,10-13,16H2,1-2H3/t17-,23+/m0/s1. The lowest BCUT2D eigenvalue weighted by Crippen LogP contribution is -2.53. The maximum absolute atomic E-state index is 11.8. The molecule has 0 N–H and O–H groups in total. The van der Waals surface area contributed by atoms with Crippen molar-refractivity contribution in [2.24, 2.45) is 0 Å². The monoisotopic (exact) mass is 453 g/mol. The molecule has 2 aliphatic heterocycles. The zero-order valence-corrected chi connectivity index (χ0v) is 19.4. The number of pyridine rings is 1. The Morgan fingerprint density at radius 2 is 1.79 bits per heavy atom. The zero-order valence-electron chi connectivity index (χ0n) is 19.4. The number of hydrogen-bond acceptors (Lipinski definition) is 6. The van der Waals surface area contributed by atoms with E-state index in [1.165, 1.54) is 5.56 Å². The lowest BCUT2D eigenvalue weighted by atomic mass is 10.0. The van der Waals surface area contributed by atoms with E-state index in [1.54, 1.807) is 6.92 Å². The largest absolute Gasteiger partial charge is 0.337 e. The molecular weight excluding hydrogens is 426 g/mol. The van der Waals surface area contributed by atoms with Crippen LogP contribution in [0.25, 0.3) is 22.4 Å². The van der Waals surface area contributed by atoms with Crippen molar-refractivity contribution in [2.45, 2.75) is 38.8 Å². The molecule has 1 saturated heterocycles. The number of benzene rings is 1. The first kappa shape index (κ1) is 20.8. The van der Waals surface area contributed by atoms with Gasteiger partial charge in [-0.2, -0.15) is 0 Å². The maximum Gasteiger partial charge on any atom is 0.225 e. The molecule has 1 aromatic carbocycles. The molecule has 1 amide bonds. The van der Waals surface area contributed by atoms with E-state index >= 15 is 0 Å². The number of piperazine rings is 1. The normalized spacial score (nSPS) is 20.1. The van der Waals surface area contributed by atoms with Crippen LogP contribution in [0.15, 0.2) is 54.9 Å². The molecule has 6 rings (SSSR count). The Morgan fingerprint density at radius 3 is 2.53 bits per heavy atom. The van der Waals surface area contributed by atoms with Crippen LogP contribution in [0.1, 0.15) is 37.7 Å². The quantitative estimate of drug-likeness (QED) is 0.473. The van der Waals surface area contributed by atoms with Gasteiger partial charge in [0, 0.05) is 57.0 Å². The molecule has 8 heteroatoms. The van der Waals surface area contributed by atoms with Gasteiger partial charge in [0.25, 0.3) is 0 Å². The average molecular weight is 454 g/mol. The predicted octanol–water partition coefficient (Wildman–Crippen LogP) is 3.48. The van der Waals surface area contributed by atoms with Crippen molar-refractivity contribution in [3.05, 3.63) is 66.2 Å². The number of rotatable bonds is 3. The molecule has 2 atom stereocenters. The van der Waals surface area contributed by atoms with Gasteiger partial charge in [-0.05, 0) is 31.0 Å². The van der Waals surface area contributed by atoms with E-state index in [4.69, 9.17) is 9.97 Å². The van der Waals surface area contributed by atoms with Crippen LogP contribution in [0.3, 0.4) is 0 Å². The SMILES string of the molecule is CC(=O)N1CCN(c2ncc(-c3ccc4nc5n(c4n3)[C@@H](c3ccccc3)CC5)cn2)C[C@@H]1C. The number of carbonyl (C=O) groups is 1. The third kappa shape index (κ3) is 3.50. The van der Waals surface area contributed by atoms with Gasteiger partial charge in [-0.3, -0.25) is 4.79 Å². The van der Waals surface area contributed by atoms with Gasteiger partial charge >= 0.3 is 0 Å². The summed E-state index contributed by atoms with van der Waals surface area (Å²) >= 11 is 0. The molecule has 2 aliphatic rings. The summed E-state index contributed by atoms with van der Waals surface area (Å²) in [5.41, 5.74) is 4.85. The van der Waals surface area contributed by atoms with Crippen molar-refractivity contribution >= 4 is 23.0 Å². The van der Waals surface area contributed by atoms with Crippen LogP contribution in [0, 0.1) is 0 Å². The summed E-state index contributed by atoms with van der Waals surface area (Å²) in [5.74, 6) is 1.90.